The monoisotopic (exact) mass is 408 g/mol. The van der Waals surface area contributed by atoms with Crippen LogP contribution >= 0.6 is 0 Å². The van der Waals surface area contributed by atoms with E-state index in [-0.39, 0.29) is 24.0 Å². The molecule has 1 fully saturated rings. The molecular formula is C21H36N4O4. The van der Waals surface area contributed by atoms with E-state index in [2.05, 4.69) is 10.4 Å². The van der Waals surface area contributed by atoms with Crippen molar-refractivity contribution in [2.45, 2.75) is 91.2 Å². The summed E-state index contributed by atoms with van der Waals surface area (Å²) in [7, 11) is 0. The lowest BCUT2D eigenvalue weighted by molar-refractivity contribution is -0.160. The molecule has 2 rings (SSSR count). The van der Waals surface area contributed by atoms with Crippen molar-refractivity contribution in [3.05, 3.63) is 17.5 Å². The molecular weight excluding hydrogens is 372 g/mol. The molecule has 1 aromatic rings. The number of hydrogen-bond acceptors (Lipinski definition) is 5. The lowest BCUT2D eigenvalue weighted by atomic mass is 10.0. The molecule has 1 unspecified atom stereocenters. The van der Waals surface area contributed by atoms with Crippen LogP contribution in [-0.4, -0.2) is 68.0 Å². The van der Waals surface area contributed by atoms with Gasteiger partial charge in [-0.05, 0) is 61.3 Å². The van der Waals surface area contributed by atoms with Crippen molar-refractivity contribution in [2.75, 3.05) is 13.1 Å². The van der Waals surface area contributed by atoms with E-state index in [0.29, 0.717) is 30.9 Å². The van der Waals surface area contributed by atoms with Crippen LogP contribution in [0.2, 0.25) is 0 Å². The average molecular weight is 409 g/mol. The van der Waals surface area contributed by atoms with Gasteiger partial charge in [-0.25, -0.2) is 0 Å². The van der Waals surface area contributed by atoms with Crippen LogP contribution in [0.25, 0.3) is 0 Å². The van der Waals surface area contributed by atoms with Gasteiger partial charge in [0, 0.05) is 24.8 Å². The number of hydrogen-bond donors (Lipinski definition) is 2. The predicted molar refractivity (Wildman–Crippen MR) is 111 cm³/mol. The van der Waals surface area contributed by atoms with Crippen LogP contribution in [0.4, 0.5) is 0 Å². The first-order chi connectivity index (χ1) is 13.3. The molecule has 1 saturated heterocycles. The third kappa shape index (κ3) is 6.27. The minimum absolute atomic E-state index is 0.0438. The van der Waals surface area contributed by atoms with E-state index in [9.17, 15) is 14.7 Å². The first-order valence-corrected chi connectivity index (χ1v) is 10.3. The fourth-order valence-corrected chi connectivity index (χ4v) is 3.76. The lowest BCUT2D eigenvalue weighted by Gasteiger charge is -2.38. The molecule has 0 aromatic carbocycles. The summed E-state index contributed by atoms with van der Waals surface area (Å²) in [6, 6.07) is -0.118. The van der Waals surface area contributed by atoms with Crippen LogP contribution in [-0.2, 0) is 16.1 Å². The predicted octanol–water partition coefficient (Wildman–Crippen LogP) is 1.89. The summed E-state index contributed by atoms with van der Waals surface area (Å²) in [4.78, 5) is 27.5. The molecule has 1 aliphatic heterocycles. The maximum atomic E-state index is 12.9. The van der Waals surface area contributed by atoms with E-state index < -0.39 is 11.2 Å². The largest absolute Gasteiger partial charge is 0.389 e. The van der Waals surface area contributed by atoms with Crippen LogP contribution < -0.4 is 5.32 Å². The number of aromatic nitrogens is 2. The molecule has 2 heterocycles. The molecule has 29 heavy (non-hydrogen) atoms. The Morgan fingerprint density at radius 2 is 2.00 bits per heavy atom. The minimum atomic E-state index is -0.917. The Morgan fingerprint density at radius 3 is 2.59 bits per heavy atom. The van der Waals surface area contributed by atoms with Crippen molar-refractivity contribution >= 4 is 11.8 Å². The molecule has 1 aromatic heterocycles. The topological polar surface area (TPSA) is 96.7 Å². The van der Waals surface area contributed by atoms with Gasteiger partial charge in [-0.15, -0.1) is 0 Å². The van der Waals surface area contributed by atoms with Gasteiger partial charge in [-0.2, -0.15) is 5.10 Å². The van der Waals surface area contributed by atoms with Crippen LogP contribution in [0.3, 0.4) is 0 Å². The van der Waals surface area contributed by atoms with E-state index >= 15 is 0 Å². The first kappa shape index (κ1) is 23.3. The summed E-state index contributed by atoms with van der Waals surface area (Å²) >= 11 is 0. The molecule has 1 aliphatic rings. The van der Waals surface area contributed by atoms with Gasteiger partial charge in [-0.1, -0.05) is 0 Å². The molecule has 0 spiro atoms. The number of piperidine rings is 1. The number of amides is 2. The van der Waals surface area contributed by atoms with Crippen molar-refractivity contribution in [1.82, 2.24) is 20.0 Å². The maximum Gasteiger partial charge on any atom is 0.255 e. The second-order valence-corrected chi connectivity index (χ2v) is 9.35. The van der Waals surface area contributed by atoms with E-state index in [1.54, 1.807) is 37.3 Å². The molecule has 0 saturated carbocycles. The Bertz CT molecular complexity index is 734. The second kappa shape index (κ2) is 8.83. The third-order valence-corrected chi connectivity index (χ3v) is 4.97. The van der Waals surface area contributed by atoms with Gasteiger partial charge in [0.15, 0.2) is 0 Å². The highest BCUT2D eigenvalue weighted by Gasteiger charge is 2.36. The number of nitrogens with one attached hydrogen (secondary N) is 1. The number of carbonyl (C=O) groups excluding carboxylic acids is 2. The van der Waals surface area contributed by atoms with Crippen LogP contribution in [0.1, 0.15) is 70.4 Å². The number of carbonyl (C=O) groups is 2. The summed E-state index contributed by atoms with van der Waals surface area (Å²) in [6.07, 6.45) is 3.13. The summed E-state index contributed by atoms with van der Waals surface area (Å²) < 4.78 is 7.42. The minimum Gasteiger partial charge on any atom is -0.389 e. The Hall–Kier alpha value is -1.93. The number of likely N-dealkylation sites (tertiary alicyclic amines) is 1. The van der Waals surface area contributed by atoms with E-state index in [1.165, 1.54) is 6.20 Å². The SMILES string of the molecule is Cc1c(C(=O)NC2CCCN(C(=O)C(C)(C)OC(C)C)C2)cnn1CC(C)(C)O. The van der Waals surface area contributed by atoms with Crippen molar-refractivity contribution in [3.8, 4) is 0 Å². The summed E-state index contributed by atoms with van der Waals surface area (Å²) in [5.41, 5.74) is -0.616. The number of aliphatic hydroxyl groups is 1. The standard InChI is InChI=1S/C21H36N4O4/c1-14(2)29-21(6,7)19(27)24-10-8-9-16(12-24)23-18(26)17-11-22-25(15(17)3)13-20(4,5)28/h11,14,16,28H,8-10,12-13H2,1-7H3,(H,23,26). The van der Waals surface area contributed by atoms with Crippen LogP contribution in [0.15, 0.2) is 6.20 Å². The quantitative estimate of drug-likeness (QED) is 0.718. The van der Waals surface area contributed by atoms with Gasteiger partial charge in [0.1, 0.15) is 5.60 Å². The summed E-state index contributed by atoms with van der Waals surface area (Å²) in [6.45, 7) is 14.1. The molecule has 8 heteroatoms. The number of rotatable bonds is 7. The zero-order valence-corrected chi connectivity index (χ0v) is 18.8. The zero-order valence-electron chi connectivity index (χ0n) is 18.8. The van der Waals surface area contributed by atoms with Gasteiger partial charge < -0.3 is 20.1 Å². The Labute approximate surface area is 173 Å². The molecule has 0 radical (unpaired) electrons. The lowest BCUT2D eigenvalue weighted by Crippen LogP contribution is -2.55. The molecule has 0 bridgehead atoms. The fraction of sp³-hybridized carbons (Fsp3) is 0.762. The van der Waals surface area contributed by atoms with E-state index in [1.807, 2.05) is 20.8 Å². The molecule has 8 nitrogen and oxygen atoms in total. The van der Waals surface area contributed by atoms with Gasteiger partial charge in [0.25, 0.3) is 11.8 Å². The number of ether oxygens (including phenoxy) is 1. The average Bonchev–Trinajstić information content (AvgIpc) is 2.92. The molecule has 2 amide bonds. The zero-order chi connectivity index (χ0) is 22.0. The van der Waals surface area contributed by atoms with Crippen molar-refractivity contribution in [2.24, 2.45) is 0 Å². The molecule has 164 valence electrons. The van der Waals surface area contributed by atoms with Crippen LogP contribution in [0, 0.1) is 6.92 Å². The third-order valence-electron chi connectivity index (χ3n) is 4.97. The molecule has 0 aliphatic carbocycles. The summed E-state index contributed by atoms with van der Waals surface area (Å²) in [5, 5.41) is 17.3. The van der Waals surface area contributed by atoms with Crippen LogP contribution in [0.5, 0.6) is 0 Å². The van der Waals surface area contributed by atoms with Crippen molar-refractivity contribution in [1.29, 1.82) is 0 Å². The molecule has 1 atom stereocenters. The molecule has 2 N–H and O–H groups in total. The summed E-state index contributed by atoms with van der Waals surface area (Å²) in [5.74, 6) is -0.263. The van der Waals surface area contributed by atoms with Gasteiger partial charge >= 0.3 is 0 Å². The normalized spacial score (nSPS) is 18.2. The highest BCUT2D eigenvalue weighted by molar-refractivity contribution is 5.95. The smallest absolute Gasteiger partial charge is 0.255 e. The second-order valence-electron chi connectivity index (χ2n) is 9.35. The van der Waals surface area contributed by atoms with Crippen molar-refractivity contribution in [3.63, 3.8) is 0 Å². The maximum absolute atomic E-state index is 12.9. The Balaban J connectivity index is 2.02. The highest BCUT2D eigenvalue weighted by atomic mass is 16.5. The van der Waals surface area contributed by atoms with Gasteiger partial charge in [0.05, 0.1) is 30.0 Å². The Kier molecular flexibility index (Phi) is 7.11. The van der Waals surface area contributed by atoms with Crippen molar-refractivity contribution < 1.29 is 19.4 Å². The number of nitrogens with zero attached hydrogens (tertiary/aromatic N) is 3. The van der Waals surface area contributed by atoms with E-state index in [0.717, 1.165) is 12.8 Å². The fourth-order valence-electron chi connectivity index (χ4n) is 3.76. The Morgan fingerprint density at radius 1 is 1.34 bits per heavy atom. The highest BCUT2D eigenvalue weighted by Crippen LogP contribution is 2.20. The van der Waals surface area contributed by atoms with E-state index in [4.69, 9.17) is 4.74 Å². The first-order valence-electron chi connectivity index (χ1n) is 10.3. The van der Waals surface area contributed by atoms with Gasteiger partial charge in [0.2, 0.25) is 0 Å². The van der Waals surface area contributed by atoms with Gasteiger partial charge in [-0.3, -0.25) is 14.3 Å².